The van der Waals surface area contributed by atoms with Crippen LogP contribution in [0.25, 0.3) is 10.2 Å². The SMILES string of the molecule is CN(C)c1nc(N)nc(CSc2nc3sc4c(c3c(=O)n2C)CCC4)n1. The van der Waals surface area contributed by atoms with Gasteiger partial charge >= 0.3 is 0 Å². The van der Waals surface area contributed by atoms with Crippen LogP contribution < -0.4 is 16.2 Å². The first-order valence-electron chi connectivity index (χ1n) is 8.26. The van der Waals surface area contributed by atoms with Crippen LogP contribution in [0.2, 0.25) is 0 Å². The first kappa shape index (κ1) is 17.2. The summed E-state index contributed by atoms with van der Waals surface area (Å²) in [6.45, 7) is 0. The topological polar surface area (TPSA) is 103 Å². The average Bonchev–Trinajstić information content (AvgIpc) is 3.16. The molecule has 3 aromatic rings. The van der Waals surface area contributed by atoms with Crippen LogP contribution in [0.1, 0.15) is 22.7 Å². The Morgan fingerprint density at radius 2 is 2.04 bits per heavy atom. The lowest BCUT2D eigenvalue weighted by atomic mass is 10.2. The van der Waals surface area contributed by atoms with E-state index in [1.807, 2.05) is 14.1 Å². The highest BCUT2D eigenvalue weighted by Crippen LogP contribution is 2.35. The summed E-state index contributed by atoms with van der Waals surface area (Å²) in [7, 11) is 5.46. The third kappa shape index (κ3) is 2.92. The minimum atomic E-state index is 0.0287. The van der Waals surface area contributed by atoms with Crippen molar-refractivity contribution < 1.29 is 0 Å². The van der Waals surface area contributed by atoms with E-state index in [0.717, 1.165) is 29.5 Å². The molecular weight excluding hydrogens is 370 g/mol. The summed E-state index contributed by atoms with van der Waals surface area (Å²) >= 11 is 3.08. The molecule has 0 unspecified atom stereocenters. The van der Waals surface area contributed by atoms with Crippen LogP contribution in [0.3, 0.4) is 0 Å². The highest BCUT2D eigenvalue weighted by molar-refractivity contribution is 7.98. The lowest BCUT2D eigenvalue weighted by Gasteiger charge is -2.11. The highest BCUT2D eigenvalue weighted by Gasteiger charge is 2.22. The van der Waals surface area contributed by atoms with Gasteiger partial charge in [-0.05, 0) is 24.8 Å². The molecule has 4 rings (SSSR count). The summed E-state index contributed by atoms with van der Waals surface area (Å²) in [4.78, 5) is 34.1. The van der Waals surface area contributed by atoms with Crippen molar-refractivity contribution in [2.45, 2.75) is 30.2 Å². The van der Waals surface area contributed by atoms with Crippen molar-refractivity contribution >= 4 is 45.2 Å². The number of nitrogens with two attached hydrogens (primary N) is 1. The number of anilines is 2. The van der Waals surface area contributed by atoms with Crippen LogP contribution in [-0.2, 0) is 25.6 Å². The number of thiophene rings is 1. The quantitative estimate of drug-likeness (QED) is 0.530. The molecule has 0 fully saturated rings. The van der Waals surface area contributed by atoms with Gasteiger partial charge in [-0.2, -0.15) is 15.0 Å². The predicted octanol–water partition coefficient (Wildman–Crippen LogP) is 1.61. The fourth-order valence-corrected chi connectivity index (χ4v) is 5.18. The molecule has 0 bridgehead atoms. The van der Waals surface area contributed by atoms with Crippen LogP contribution in [0.15, 0.2) is 9.95 Å². The van der Waals surface area contributed by atoms with Gasteiger partial charge in [0.15, 0.2) is 5.16 Å². The summed E-state index contributed by atoms with van der Waals surface area (Å²) in [6.07, 6.45) is 3.17. The minimum Gasteiger partial charge on any atom is -0.368 e. The van der Waals surface area contributed by atoms with E-state index >= 15 is 0 Å². The molecule has 0 radical (unpaired) electrons. The second-order valence-electron chi connectivity index (χ2n) is 6.39. The van der Waals surface area contributed by atoms with E-state index in [4.69, 9.17) is 10.7 Å². The zero-order valence-corrected chi connectivity index (χ0v) is 16.4. The Hall–Kier alpha value is -2.20. The second kappa shape index (κ2) is 6.51. The first-order valence-corrected chi connectivity index (χ1v) is 10.1. The molecule has 0 aromatic carbocycles. The zero-order chi connectivity index (χ0) is 18.4. The van der Waals surface area contributed by atoms with E-state index in [2.05, 4.69) is 15.0 Å². The molecule has 0 saturated heterocycles. The molecule has 10 heteroatoms. The van der Waals surface area contributed by atoms with Gasteiger partial charge in [-0.25, -0.2) is 4.98 Å². The lowest BCUT2D eigenvalue weighted by Crippen LogP contribution is -2.20. The van der Waals surface area contributed by atoms with E-state index in [9.17, 15) is 4.79 Å². The van der Waals surface area contributed by atoms with Crippen LogP contribution in [-0.4, -0.2) is 38.6 Å². The summed E-state index contributed by atoms with van der Waals surface area (Å²) in [5.41, 5.74) is 7.00. The maximum atomic E-state index is 12.8. The van der Waals surface area contributed by atoms with Gasteiger partial charge in [-0.15, -0.1) is 11.3 Å². The Balaban J connectivity index is 1.66. The van der Waals surface area contributed by atoms with Gasteiger partial charge < -0.3 is 10.6 Å². The average molecular weight is 390 g/mol. The van der Waals surface area contributed by atoms with Crippen LogP contribution >= 0.6 is 23.1 Å². The molecule has 136 valence electrons. The smallest absolute Gasteiger partial charge is 0.262 e. The molecule has 0 amide bonds. The van der Waals surface area contributed by atoms with Crippen molar-refractivity contribution in [3.63, 3.8) is 0 Å². The van der Waals surface area contributed by atoms with Crippen LogP contribution in [0.5, 0.6) is 0 Å². The molecule has 26 heavy (non-hydrogen) atoms. The molecule has 3 heterocycles. The zero-order valence-electron chi connectivity index (χ0n) is 14.8. The largest absolute Gasteiger partial charge is 0.368 e. The highest BCUT2D eigenvalue weighted by atomic mass is 32.2. The van der Waals surface area contributed by atoms with Crippen molar-refractivity contribution in [3.8, 4) is 0 Å². The summed E-state index contributed by atoms with van der Waals surface area (Å²) < 4.78 is 1.62. The number of hydrogen-bond donors (Lipinski definition) is 1. The number of aryl methyl sites for hydroxylation is 2. The minimum absolute atomic E-state index is 0.0287. The van der Waals surface area contributed by atoms with Crippen molar-refractivity contribution in [3.05, 3.63) is 26.6 Å². The third-order valence-electron chi connectivity index (χ3n) is 4.32. The molecule has 3 aromatic heterocycles. The van der Waals surface area contributed by atoms with E-state index in [0.29, 0.717) is 22.7 Å². The van der Waals surface area contributed by atoms with Gasteiger partial charge in [-0.1, -0.05) is 11.8 Å². The van der Waals surface area contributed by atoms with Crippen LogP contribution in [0.4, 0.5) is 11.9 Å². The van der Waals surface area contributed by atoms with Crippen molar-refractivity contribution in [2.24, 2.45) is 7.05 Å². The number of hydrogen-bond acceptors (Lipinski definition) is 9. The maximum absolute atomic E-state index is 12.8. The molecule has 1 aliphatic rings. The van der Waals surface area contributed by atoms with Gasteiger partial charge in [0.2, 0.25) is 11.9 Å². The number of rotatable bonds is 4. The molecule has 0 saturated carbocycles. The molecule has 1 aliphatic carbocycles. The number of nitrogen functional groups attached to an aromatic ring is 1. The van der Waals surface area contributed by atoms with Gasteiger partial charge in [0, 0.05) is 26.0 Å². The second-order valence-corrected chi connectivity index (χ2v) is 8.42. The molecule has 0 spiro atoms. The Labute approximate surface area is 158 Å². The predicted molar refractivity (Wildman–Crippen MR) is 105 cm³/mol. The van der Waals surface area contributed by atoms with Crippen molar-refractivity contribution in [2.75, 3.05) is 24.7 Å². The summed E-state index contributed by atoms with van der Waals surface area (Å²) in [5.74, 6) is 1.73. The maximum Gasteiger partial charge on any atom is 0.262 e. The molecule has 0 aliphatic heterocycles. The molecule has 2 N–H and O–H groups in total. The normalized spacial score (nSPS) is 13.3. The van der Waals surface area contributed by atoms with Gasteiger partial charge in [0.25, 0.3) is 5.56 Å². The Morgan fingerprint density at radius 1 is 1.23 bits per heavy atom. The van der Waals surface area contributed by atoms with Crippen molar-refractivity contribution in [1.82, 2.24) is 24.5 Å². The molecule has 8 nitrogen and oxygen atoms in total. The number of thioether (sulfide) groups is 1. The Bertz CT molecular complexity index is 1060. The van der Waals surface area contributed by atoms with Gasteiger partial charge in [-0.3, -0.25) is 9.36 Å². The molecular formula is C16H19N7OS2. The van der Waals surface area contributed by atoms with E-state index in [-0.39, 0.29) is 11.5 Å². The fraction of sp³-hybridized carbons (Fsp3) is 0.438. The first-order chi connectivity index (χ1) is 12.4. The number of aromatic nitrogens is 5. The van der Waals surface area contributed by atoms with E-state index in [1.54, 1.807) is 27.9 Å². The standard InChI is InChI=1S/C16H19N7OS2/c1-22(2)15-19-10(18-14(17)21-15)7-25-16-20-12-11(13(24)23(16)3)8-5-4-6-9(8)26-12/h4-7H2,1-3H3,(H2,17,18,19,21). The van der Waals surface area contributed by atoms with E-state index < -0.39 is 0 Å². The Morgan fingerprint density at radius 3 is 2.81 bits per heavy atom. The van der Waals surface area contributed by atoms with Crippen molar-refractivity contribution in [1.29, 1.82) is 0 Å². The summed E-state index contributed by atoms with van der Waals surface area (Å²) in [6, 6.07) is 0. The monoisotopic (exact) mass is 389 g/mol. The Kier molecular flexibility index (Phi) is 4.31. The lowest BCUT2D eigenvalue weighted by molar-refractivity contribution is 0.726. The molecule has 0 atom stereocenters. The third-order valence-corrected chi connectivity index (χ3v) is 6.53. The number of fused-ring (bicyclic) bond motifs is 3. The van der Waals surface area contributed by atoms with E-state index in [1.165, 1.54) is 22.2 Å². The fourth-order valence-electron chi connectivity index (χ4n) is 3.05. The van der Waals surface area contributed by atoms with Gasteiger partial charge in [0.05, 0.1) is 11.1 Å². The van der Waals surface area contributed by atoms with Gasteiger partial charge in [0.1, 0.15) is 10.7 Å². The van der Waals surface area contributed by atoms with Crippen LogP contribution in [0, 0.1) is 0 Å². The number of nitrogens with zero attached hydrogens (tertiary/aromatic N) is 6. The summed E-state index contributed by atoms with van der Waals surface area (Å²) in [5, 5.41) is 1.46.